The number of rotatable bonds is 6. The predicted octanol–water partition coefficient (Wildman–Crippen LogP) is 1.02. The van der Waals surface area contributed by atoms with Crippen molar-refractivity contribution in [2.75, 3.05) is 33.4 Å². The van der Waals surface area contributed by atoms with Gasteiger partial charge in [-0.1, -0.05) is 24.3 Å². The van der Waals surface area contributed by atoms with Crippen LogP contribution in [-0.4, -0.2) is 64.4 Å². The number of morpholine rings is 1. The van der Waals surface area contributed by atoms with Crippen molar-refractivity contribution in [2.45, 2.75) is 31.9 Å². The third-order valence-electron chi connectivity index (χ3n) is 5.37. The van der Waals surface area contributed by atoms with Crippen LogP contribution < -0.4 is 0 Å². The fraction of sp³-hybridized carbons (Fsp3) is 0.579. The Morgan fingerprint density at radius 1 is 1.30 bits per heavy atom. The Morgan fingerprint density at radius 2 is 2.07 bits per heavy atom. The van der Waals surface area contributed by atoms with Gasteiger partial charge >= 0.3 is 0 Å². The molecule has 0 saturated carbocycles. The zero-order chi connectivity index (χ0) is 18.6. The van der Waals surface area contributed by atoms with Gasteiger partial charge in [-0.25, -0.2) is 4.68 Å². The lowest BCUT2D eigenvalue weighted by Gasteiger charge is -2.33. The number of aromatic nitrogens is 4. The van der Waals surface area contributed by atoms with Gasteiger partial charge in [-0.2, -0.15) is 0 Å². The van der Waals surface area contributed by atoms with Crippen LogP contribution in [0.15, 0.2) is 24.3 Å². The number of hydrogen-bond acceptors (Lipinski definition) is 6. The Labute approximate surface area is 158 Å². The molecule has 4 rings (SSSR count). The van der Waals surface area contributed by atoms with Crippen LogP contribution >= 0.6 is 0 Å². The van der Waals surface area contributed by atoms with Crippen LogP contribution in [0.2, 0.25) is 0 Å². The van der Waals surface area contributed by atoms with Gasteiger partial charge in [0.05, 0.1) is 26.3 Å². The van der Waals surface area contributed by atoms with Crippen molar-refractivity contribution in [3.05, 3.63) is 41.2 Å². The van der Waals surface area contributed by atoms with Crippen LogP contribution in [0.1, 0.15) is 29.5 Å². The molecule has 1 aromatic carbocycles. The number of amides is 1. The summed E-state index contributed by atoms with van der Waals surface area (Å²) in [6, 6.07) is 8.49. The van der Waals surface area contributed by atoms with Crippen LogP contribution in [0.5, 0.6) is 0 Å². The first-order chi connectivity index (χ1) is 13.2. The molecular weight excluding hydrogens is 346 g/mol. The molecule has 144 valence electrons. The monoisotopic (exact) mass is 371 g/mol. The highest BCUT2D eigenvalue weighted by Gasteiger charge is 2.31. The summed E-state index contributed by atoms with van der Waals surface area (Å²) >= 11 is 0. The summed E-state index contributed by atoms with van der Waals surface area (Å²) in [6.07, 6.45) is 2.27. The normalized spacial score (nSPS) is 20.0. The van der Waals surface area contributed by atoms with Gasteiger partial charge in [-0.15, -0.1) is 5.10 Å². The number of nitrogens with zero attached hydrogens (tertiary/aromatic N) is 5. The van der Waals surface area contributed by atoms with Crippen molar-refractivity contribution in [2.24, 2.45) is 5.92 Å². The lowest BCUT2D eigenvalue weighted by atomic mass is 10.0. The predicted molar refractivity (Wildman–Crippen MR) is 96.9 cm³/mol. The quantitative estimate of drug-likeness (QED) is 0.754. The zero-order valence-corrected chi connectivity index (χ0v) is 15.6. The topological polar surface area (TPSA) is 82.4 Å². The summed E-state index contributed by atoms with van der Waals surface area (Å²) in [5.74, 6) is 1.23. The molecule has 1 aliphatic heterocycles. The van der Waals surface area contributed by atoms with Gasteiger partial charge < -0.3 is 14.4 Å². The number of tetrazole rings is 1. The molecule has 2 aromatic rings. The Morgan fingerprint density at radius 3 is 2.81 bits per heavy atom. The number of fused-ring (bicyclic) bond motifs is 1. The smallest absolute Gasteiger partial charge is 0.223 e. The molecule has 1 atom stereocenters. The zero-order valence-electron chi connectivity index (χ0n) is 15.6. The molecule has 2 heterocycles. The number of carbonyl (C=O) groups excluding carboxylic acids is 1. The number of hydrogen-bond donors (Lipinski definition) is 0. The van der Waals surface area contributed by atoms with Gasteiger partial charge in [-0.05, 0) is 40.3 Å². The molecule has 1 amide bonds. The van der Waals surface area contributed by atoms with Gasteiger partial charge in [-0.3, -0.25) is 4.79 Å². The van der Waals surface area contributed by atoms with E-state index in [1.165, 1.54) is 11.1 Å². The summed E-state index contributed by atoms with van der Waals surface area (Å²) in [5, 5.41) is 11.8. The second-order valence-corrected chi connectivity index (χ2v) is 7.20. The van der Waals surface area contributed by atoms with E-state index in [-0.39, 0.29) is 12.0 Å². The molecule has 1 fully saturated rings. The van der Waals surface area contributed by atoms with Crippen LogP contribution in [-0.2, 0) is 33.7 Å². The van der Waals surface area contributed by atoms with E-state index in [0.717, 1.165) is 12.8 Å². The Kier molecular flexibility index (Phi) is 5.45. The van der Waals surface area contributed by atoms with Gasteiger partial charge in [0.1, 0.15) is 6.10 Å². The van der Waals surface area contributed by atoms with E-state index in [9.17, 15) is 4.79 Å². The van der Waals surface area contributed by atoms with E-state index < -0.39 is 0 Å². The molecule has 8 nitrogen and oxygen atoms in total. The van der Waals surface area contributed by atoms with Crippen molar-refractivity contribution in [3.8, 4) is 0 Å². The molecule has 1 aliphatic carbocycles. The molecule has 8 heteroatoms. The Balaban J connectivity index is 1.36. The Hall–Kier alpha value is -2.32. The molecule has 0 unspecified atom stereocenters. The third-order valence-corrected chi connectivity index (χ3v) is 5.37. The van der Waals surface area contributed by atoms with Gasteiger partial charge in [0, 0.05) is 20.1 Å². The summed E-state index contributed by atoms with van der Waals surface area (Å²) in [4.78, 5) is 14.8. The molecule has 1 aromatic heterocycles. The van der Waals surface area contributed by atoms with E-state index in [0.29, 0.717) is 51.0 Å². The van der Waals surface area contributed by atoms with E-state index in [4.69, 9.17) is 9.47 Å². The first-order valence-corrected chi connectivity index (χ1v) is 9.45. The van der Waals surface area contributed by atoms with E-state index >= 15 is 0 Å². The fourth-order valence-corrected chi connectivity index (χ4v) is 3.98. The largest absolute Gasteiger partial charge is 0.383 e. The van der Waals surface area contributed by atoms with Crippen LogP contribution in [0.3, 0.4) is 0 Å². The van der Waals surface area contributed by atoms with Gasteiger partial charge in [0.2, 0.25) is 5.91 Å². The third kappa shape index (κ3) is 4.01. The fourth-order valence-electron chi connectivity index (χ4n) is 3.98. The second kappa shape index (κ2) is 8.14. The lowest BCUT2D eigenvalue weighted by Crippen LogP contribution is -2.43. The average Bonchev–Trinajstić information content (AvgIpc) is 3.32. The van der Waals surface area contributed by atoms with Crippen molar-refractivity contribution in [3.63, 3.8) is 0 Å². The SMILES string of the molecule is COCCn1nnnc1[C@H]1CN(C(=O)CC2Cc3ccccc3C2)CCO1. The maximum atomic E-state index is 12.9. The molecule has 0 bridgehead atoms. The highest BCUT2D eigenvalue weighted by molar-refractivity contribution is 5.76. The van der Waals surface area contributed by atoms with Crippen LogP contribution in [0, 0.1) is 5.92 Å². The molecule has 1 saturated heterocycles. The summed E-state index contributed by atoms with van der Waals surface area (Å²) in [7, 11) is 1.64. The van der Waals surface area contributed by atoms with E-state index in [1.807, 2.05) is 4.90 Å². The van der Waals surface area contributed by atoms with Crippen molar-refractivity contribution in [1.29, 1.82) is 0 Å². The first kappa shape index (κ1) is 18.1. The molecule has 0 N–H and O–H groups in total. The molecular formula is C19H25N5O3. The van der Waals surface area contributed by atoms with Gasteiger partial charge in [0.25, 0.3) is 0 Å². The standard InChI is InChI=1S/C19H25N5O3/c1-26-8-7-24-19(20-21-22-24)17-13-23(6-9-27-17)18(25)12-14-10-15-4-2-3-5-16(15)11-14/h2-5,14,17H,6-13H2,1H3/t17-/m1/s1. The molecule has 0 spiro atoms. The number of ether oxygens (including phenoxy) is 2. The highest BCUT2D eigenvalue weighted by Crippen LogP contribution is 2.29. The van der Waals surface area contributed by atoms with Crippen molar-refractivity contribution >= 4 is 5.91 Å². The summed E-state index contributed by atoms with van der Waals surface area (Å²) in [5.41, 5.74) is 2.76. The average molecular weight is 371 g/mol. The lowest BCUT2D eigenvalue weighted by molar-refractivity contribution is -0.140. The van der Waals surface area contributed by atoms with E-state index in [2.05, 4.69) is 39.8 Å². The minimum atomic E-state index is -0.296. The first-order valence-electron chi connectivity index (χ1n) is 9.45. The summed E-state index contributed by atoms with van der Waals surface area (Å²) < 4.78 is 12.6. The maximum Gasteiger partial charge on any atom is 0.223 e. The minimum Gasteiger partial charge on any atom is -0.383 e. The maximum absolute atomic E-state index is 12.9. The number of benzene rings is 1. The van der Waals surface area contributed by atoms with Crippen molar-refractivity contribution in [1.82, 2.24) is 25.1 Å². The number of carbonyl (C=O) groups is 1. The molecule has 0 radical (unpaired) electrons. The van der Waals surface area contributed by atoms with Crippen LogP contribution in [0.4, 0.5) is 0 Å². The highest BCUT2D eigenvalue weighted by atomic mass is 16.5. The molecule has 2 aliphatic rings. The van der Waals surface area contributed by atoms with E-state index in [1.54, 1.807) is 11.8 Å². The van der Waals surface area contributed by atoms with Gasteiger partial charge in [0.15, 0.2) is 5.82 Å². The number of methoxy groups -OCH3 is 1. The van der Waals surface area contributed by atoms with Crippen molar-refractivity contribution < 1.29 is 14.3 Å². The van der Waals surface area contributed by atoms with Crippen LogP contribution in [0.25, 0.3) is 0 Å². The minimum absolute atomic E-state index is 0.192. The molecule has 27 heavy (non-hydrogen) atoms. The summed E-state index contributed by atoms with van der Waals surface area (Å²) in [6.45, 7) is 2.70. The second-order valence-electron chi connectivity index (χ2n) is 7.20. The Bertz CT molecular complexity index is 768.